The molecule has 2 nitrogen and oxygen atoms in total. The molecule has 0 saturated carbocycles. The Morgan fingerprint density at radius 1 is 1.11 bits per heavy atom. The quantitative estimate of drug-likeness (QED) is 0.805. The van der Waals surface area contributed by atoms with E-state index in [4.69, 9.17) is 4.74 Å². The molecule has 100 valence electrons. The van der Waals surface area contributed by atoms with Gasteiger partial charge >= 0.3 is 0 Å². The number of ether oxygens (including phenoxy) is 1. The second-order valence-corrected chi connectivity index (χ2v) is 4.37. The molecule has 0 unspecified atom stereocenters. The van der Waals surface area contributed by atoms with Crippen molar-refractivity contribution >= 4 is 0 Å². The minimum absolute atomic E-state index is 0.191. The maximum absolute atomic E-state index is 13.0. The maximum Gasteiger partial charge on any atom is 0.123 e. The molecule has 3 heteroatoms. The molecule has 0 bridgehead atoms. The standard InChI is InChI=1S/C16H18FNO/c1-19-16-8-3-2-6-14(16)9-10-18-12-13-5-4-7-15(17)11-13/h2-8,11,18H,9-10,12H2,1H3. The molecule has 0 aliphatic rings. The van der Waals surface area contributed by atoms with Gasteiger partial charge in [0, 0.05) is 6.54 Å². The molecule has 0 spiro atoms. The third-order valence-corrected chi connectivity index (χ3v) is 2.98. The zero-order chi connectivity index (χ0) is 13.5. The van der Waals surface area contributed by atoms with Crippen molar-refractivity contribution in [1.29, 1.82) is 0 Å². The van der Waals surface area contributed by atoms with Crippen molar-refractivity contribution in [3.63, 3.8) is 0 Å². The van der Waals surface area contributed by atoms with E-state index in [1.807, 2.05) is 24.3 Å². The van der Waals surface area contributed by atoms with E-state index >= 15 is 0 Å². The highest BCUT2D eigenvalue weighted by Crippen LogP contribution is 2.17. The van der Waals surface area contributed by atoms with Gasteiger partial charge in [0.05, 0.1) is 7.11 Å². The third-order valence-electron chi connectivity index (χ3n) is 2.98. The third kappa shape index (κ3) is 4.07. The van der Waals surface area contributed by atoms with Crippen LogP contribution in [0.15, 0.2) is 48.5 Å². The summed E-state index contributed by atoms with van der Waals surface area (Å²) in [5.74, 6) is 0.721. The Bertz CT molecular complexity index is 528. The van der Waals surface area contributed by atoms with Crippen molar-refractivity contribution in [2.75, 3.05) is 13.7 Å². The van der Waals surface area contributed by atoms with E-state index in [1.54, 1.807) is 19.2 Å². The first-order valence-electron chi connectivity index (χ1n) is 6.36. The van der Waals surface area contributed by atoms with Crippen LogP contribution in [0.25, 0.3) is 0 Å². The summed E-state index contributed by atoms with van der Waals surface area (Å²) in [4.78, 5) is 0. The van der Waals surface area contributed by atoms with E-state index in [0.29, 0.717) is 6.54 Å². The van der Waals surface area contributed by atoms with Crippen molar-refractivity contribution in [2.45, 2.75) is 13.0 Å². The predicted molar refractivity (Wildman–Crippen MR) is 74.8 cm³/mol. The second kappa shape index (κ2) is 6.90. The van der Waals surface area contributed by atoms with Gasteiger partial charge in [-0.15, -0.1) is 0 Å². The fourth-order valence-corrected chi connectivity index (χ4v) is 2.01. The Hall–Kier alpha value is -1.87. The van der Waals surface area contributed by atoms with Crippen molar-refractivity contribution in [3.8, 4) is 5.75 Å². The number of hydrogen-bond donors (Lipinski definition) is 1. The SMILES string of the molecule is COc1ccccc1CCNCc1cccc(F)c1. The maximum atomic E-state index is 13.0. The molecule has 0 saturated heterocycles. The van der Waals surface area contributed by atoms with Crippen LogP contribution in [-0.4, -0.2) is 13.7 Å². The van der Waals surface area contributed by atoms with Crippen molar-refractivity contribution in [1.82, 2.24) is 5.32 Å². The molecule has 2 rings (SSSR count). The average molecular weight is 259 g/mol. The highest BCUT2D eigenvalue weighted by molar-refractivity contribution is 5.33. The van der Waals surface area contributed by atoms with Crippen LogP contribution in [0.1, 0.15) is 11.1 Å². The smallest absolute Gasteiger partial charge is 0.123 e. The number of para-hydroxylation sites is 1. The van der Waals surface area contributed by atoms with Gasteiger partial charge in [-0.2, -0.15) is 0 Å². The topological polar surface area (TPSA) is 21.3 Å². The normalized spacial score (nSPS) is 10.4. The number of nitrogens with one attached hydrogen (secondary N) is 1. The zero-order valence-corrected chi connectivity index (χ0v) is 11.0. The van der Waals surface area contributed by atoms with Gasteiger partial charge < -0.3 is 10.1 Å². The molecular weight excluding hydrogens is 241 g/mol. The molecule has 0 heterocycles. The Kier molecular flexibility index (Phi) is 4.93. The monoisotopic (exact) mass is 259 g/mol. The lowest BCUT2D eigenvalue weighted by atomic mass is 10.1. The molecule has 0 aliphatic carbocycles. The molecule has 0 aliphatic heterocycles. The number of methoxy groups -OCH3 is 1. The van der Waals surface area contributed by atoms with Gasteiger partial charge in [0.2, 0.25) is 0 Å². The van der Waals surface area contributed by atoms with E-state index < -0.39 is 0 Å². The summed E-state index contributed by atoms with van der Waals surface area (Å²) in [7, 11) is 1.68. The van der Waals surface area contributed by atoms with E-state index in [-0.39, 0.29) is 5.82 Å². The average Bonchev–Trinajstić information content (AvgIpc) is 2.44. The molecular formula is C16H18FNO. The molecule has 0 fully saturated rings. The van der Waals surface area contributed by atoms with Gasteiger partial charge in [0.1, 0.15) is 11.6 Å². The summed E-state index contributed by atoms with van der Waals surface area (Å²) in [5.41, 5.74) is 2.14. The molecule has 0 atom stereocenters. The van der Waals surface area contributed by atoms with Crippen molar-refractivity contribution in [3.05, 3.63) is 65.5 Å². The van der Waals surface area contributed by atoms with Gasteiger partial charge in [-0.1, -0.05) is 30.3 Å². The van der Waals surface area contributed by atoms with Gasteiger partial charge in [0.15, 0.2) is 0 Å². The molecule has 2 aromatic rings. The number of halogens is 1. The van der Waals surface area contributed by atoms with E-state index in [0.717, 1.165) is 24.3 Å². The van der Waals surface area contributed by atoms with Crippen LogP contribution in [0, 0.1) is 5.82 Å². The highest BCUT2D eigenvalue weighted by Gasteiger charge is 2.01. The Morgan fingerprint density at radius 2 is 1.95 bits per heavy atom. The lowest BCUT2D eigenvalue weighted by Crippen LogP contribution is -2.17. The Morgan fingerprint density at radius 3 is 2.74 bits per heavy atom. The largest absolute Gasteiger partial charge is 0.496 e. The summed E-state index contributed by atoms with van der Waals surface area (Å²) in [6.07, 6.45) is 0.888. The van der Waals surface area contributed by atoms with Gasteiger partial charge in [-0.05, 0) is 42.3 Å². The van der Waals surface area contributed by atoms with Gasteiger partial charge in [0.25, 0.3) is 0 Å². The summed E-state index contributed by atoms with van der Waals surface area (Å²) < 4.78 is 18.3. The number of hydrogen-bond acceptors (Lipinski definition) is 2. The molecule has 1 N–H and O–H groups in total. The number of rotatable bonds is 6. The van der Waals surface area contributed by atoms with Crippen LogP contribution in [0.3, 0.4) is 0 Å². The molecule has 0 aromatic heterocycles. The van der Waals surface area contributed by atoms with Crippen LogP contribution in [-0.2, 0) is 13.0 Å². The summed E-state index contributed by atoms with van der Waals surface area (Å²) in [5, 5.41) is 3.31. The van der Waals surface area contributed by atoms with Crippen LogP contribution < -0.4 is 10.1 Å². The first-order chi connectivity index (χ1) is 9.29. The van der Waals surface area contributed by atoms with Crippen LogP contribution in [0.4, 0.5) is 4.39 Å². The summed E-state index contributed by atoms with van der Waals surface area (Å²) in [6.45, 7) is 1.50. The molecule has 0 amide bonds. The van der Waals surface area contributed by atoms with E-state index in [1.165, 1.54) is 11.6 Å². The fourth-order valence-electron chi connectivity index (χ4n) is 2.01. The summed E-state index contributed by atoms with van der Waals surface area (Å²) >= 11 is 0. The van der Waals surface area contributed by atoms with Gasteiger partial charge in [-0.3, -0.25) is 0 Å². The minimum Gasteiger partial charge on any atom is -0.496 e. The highest BCUT2D eigenvalue weighted by atomic mass is 19.1. The Balaban J connectivity index is 1.81. The second-order valence-electron chi connectivity index (χ2n) is 4.37. The van der Waals surface area contributed by atoms with Crippen molar-refractivity contribution in [2.24, 2.45) is 0 Å². The first kappa shape index (κ1) is 13.6. The van der Waals surface area contributed by atoms with Crippen LogP contribution >= 0.6 is 0 Å². The first-order valence-corrected chi connectivity index (χ1v) is 6.36. The van der Waals surface area contributed by atoms with Crippen LogP contribution in [0.2, 0.25) is 0 Å². The molecule has 2 aromatic carbocycles. The van der Waals surface area contributed by atoms with Gasteiger partial charge in [-0.25, -0.2) is 4.39 Å². The lowest BCUT2D eigenvalue weighted by molar-refractivity contribution is 0.409. The summed E-state index contributed by atoms with van der Waals surface area (Å²) in [6, 6.07) is 14.6. The predicted octanol–water partition coefficient (Wildman–Crippen LogP) is 3.17. The fraction of sp³-hybridized carbons (Fsp3) is 0.250. The lowest BCUT2D eigenvalue weighted by Gasteiger charge is -2.09. The Labute approximate surface area is 113 Å². The van der Waals surface area contributed by atoms with E-state index in [2.05, 4.69) is 11.4 Å². The molecule has 19 heavy (non-hydrogen) atoms. The zero-order valence-electron chi connectivity index (χ0n) is 11.0. The van der Waals surface area contributed by atoms with E-state index in [9.17, 15) is 4.39 Å². The minimum atomic E-state index is -0.191. The van der Waals surface area contributed by atoms with Crippen molar-refractivity contribution < 1.29 is 9.13 Å². The molecule has 0 radical (unpaired) electrons. The number of benzene rings is 2. The van der Waals surface area contributed by atoms with Crippen LogP contribution in [0.5, 0.6) is 5.75 Å².